The van der Waals surface area contributed by atoms with Crippen molar-refractivity contribution < 1.29 is 9.53 Å². The summed E-state index contributed by atoms with van der Waals surface area (Å²) in [5, 5.41) is 0. The van der Waals surface area contributed by atoms with Crippen molar-refractivity contribution in [2.24, 2.45) is 0 Å². The summed E-state index contributed by atoms with van der Waals surface area (Å²) in [5.41, 5.74) is 1.77. The predicted molar refractivity (Wildman–Crippen MR) is 89.9 cm³/mol. The third-order valence-electron chi connectivity index (χ3n) is 5.04. The number of hydrogen-bond acceptors (Lipinski definition) is 5. The number of likely N-dealkylation sites (N-methyl/N-ethyl adjacent to an activating group) is 1. The third kappa shape index (κ3) is 3.67. The number of aromatic nitrogens is 2. The van der Waals surface area contributed by atoms with Crippen LogP contribution in [0.1, 0.15) is 42.3 Å². The van der Waals surface area contributed by atoms with Gasteiger partial charge in [-0.2, -0.15) is 0 Å². The number of carbonyl (C=O) groups excluding carboxylic acids is 1. The second-order valence-corrected chi connectivity index (χ2v) is 6.76. The molecule has 7 heteroatoms. The Morgan fingerprint density at radius 3 is 2.79 bits per heavy atom. The molecule has 0 saturated carbocycles. The summed E-state index contributed by atoms with van der Waals surface area (Å²) in [5.74, 6) is 1.16. The van der Waals surface area contributed by atoms with E-state index in [1.54, 1.807) is 7.11 Å². The second-order valence-electron chi connectivity index (χ2n) is 6.76. The van der Waals surface area contributed by atoms with Crippen molar-refractivity contribution in [1.82, 2.24) is 19.8 Å². The maximum atomic E-state index is 12.3. The number of hydrogen-bond donors (Lipinski definition) is 1. The van der Waals surface area contributed by atoms with Crippen molar-refractivity contribution >= 4 is 5.91 Å². The largest absolute Gasteiger partial charge is 0.384 e. The molecule has 1 fully saturated rings. The first-order chi connectivity index (χ1) is 11.6. The van der Waals surface area contributed by atoms with Crippen LogP contribution >= 0.6 is 0 Å². The number of methoxy groups -OCH3 is 1. The summed E-state index contributed by atoms with van der Waals surface area (Å²) in [6, 6.07) is 0. The lowest BCUT2D eigenvalue weighted by atomic mass is 9.95. The molecule has 0 aromatic carbocycles. The van der Waals surface area contributed by atoms with Crippen molar-refractivity contribution in [3.05, 3.63) is 27.4 Å². The molecular weight excluding hydrogens is 308 g/mol. The fourth-order valence-corrected chi connectivity index (χ4v) is 3.53. The van der Waals surface area contributed by atoms with Crippen LogP contribution in [-0.2, 0) is 22.5 Å². The highest BCUT2D eigenvalue weighted by atomic mass is 16.5. The van der Waals surface area contributed by atoms with E-state index in [1.807, 2.05) is 4.90 Å². The number of amides is 1. The van der Waals surface area contributed by atoms with Crippen LogP contribution in [0.4, 0.5) is 0 Å². The number of H-pyrrole nitrogens is 1. The van der Waals surface area contributed by atoms with Gasteiger partial charge in [0.15, 0.2) is 0 Å². The minimum atomic E-state index is 0.0155. The zero-order valence-corrected chi connectivity index (χ0v) is 14.5. The summed E-state index contributed by atoms with van der Waals surface area (Å²) < 4.78 is 4.97. The summed E-state index contributed by atoms with van der Waals surface area (Å²) in [4.78, 5) is 36.2. The number of likely N-dealkylation sites (tertiary alicyclic amines) is 1. The summed E-state index contributed by atoms with van der Waals surface area (Å²) in [6.07, 6.45) is 2.88. The lowest BCUT2D eigenvalue weighted by molar-refractivity contribution is -0.133. The van der Waals surface area contributed by atoms with Crippen LogP contribution in [0.5, 0.6) is 0 Å². The highest BCUT2D eigenvalue weighted by Gasteiger charge is 2.27. The van der Waals surface area contributed by atoms with Gasteiger partial charge in [-0.05, 0) is 26.3 Å². The normalized spacial score (nSPS) is 19.3. The second kappa shape index (κ2) is 7.44. The lowest BCUT2D eigenvalue weighted by Crippen LogP contribution is -2.39. The molecule has 1 aromatic heterocycles. The zero-order chi connectivity index (χ0) is 17.1. The molecule has 0 radical (unpaired) electrons. The summed E-state index contributed by atoms with van der Waals surface area (Å²) in [6.45, 7) is 3.54. The number of ether oxygens (including phenoxy) is 1. The van der Waals surface area contributed by atoms with Gasteiger partial charge in [0.25, 0.3) is 5.56 Å². The van der Waals surface area contributed by atoms with E-state index in [0.717, 1.165) is 49.4 Å². The smallest absolute Gasteiger partial charge is 0.254 e. The van der Waals surface area contributed by atoms with E-state index in [9.17, 15) is 9.59 Å². The standard InChI is InChI=1S/C17H26N4O3/c1-20-7-5-13-14(11-20)18-16(19-17(13)23)12-3-8-21(9-4-12)15(22)6-10-24-2/h12H,3-11H2,1-2H3,(H,18,19,23). The third-order valence-corrected chi connectivity index (χ3v) is 5.04. The van der Waals surface area contributed by atoms with Crippen molar-refractivity contribution in [3.63, 3.8) is 0 Å². The Labute approximate surface area is 142 Å². The molecule has 24 heavy (non-hydrogen) atoms. The Bertz CT molecular complexity index is 650. The van der Waals surface area contributed by atoms with E-state index >= 15 is 0 Å². The average Bonchev–Trinajstić information content (AvgIpc) is 2.59. The molecule has 132 valence electrons. The van der Waals surface area contributed by atoms with E-state index in [0.29, 0.717) is 26.1 Å². The highest BCUT2D eigenvalue weighted by Crippen LogP contribution is 2.26. The minimum Gasteiger partial charge on any atom is -0.384 e. The maximum Gasteiger partial charge on any atom is 0.254 e. The number of nitrogens with one attached hydrogen (secondary N) is 1. The maximum absolute atomic E-state index is 12.3. The SMILES string of the molecule is COCCC(=O)N1CCC(c2nc3c(c(=O)[nH]2)CCN(C)C3)CC1. The number of carbonyl (C=O) groups is 1. The molecule has 0 bridgehead atoms. The molecule has 0 unspecified atom stereocenters. The van der Waals surface area contributed by atoms with Gasteiger partial charge < -0.3 is 19.5 Å². The minimum absolute atomic E-state index is 0.0155. The first-order valence-electron chi connectivity index (χ1n) is 8.65. The van der Waals surface area contributed by atoms with Gasteiger partial charge in [-0.15, -0.1) is 0 Å². The number of fused-ring (bicyclic) bond motifs is 1. The summed E-state index contributed by atoms with van der Waals surface area (Å²) in [7, 11) is 3.66. The fourth-order valence-electron chi connectivity index (χ4n) is 3.53. The Balaban J connectivity index is 1.67. The Morgan fingerprint density at radius 1 is 1.33 bits per heavy atom. The van der Waals surface area contributed by atoms with Gasteiger partial charge in [-0.3, -0.25) is 9.59 Å². The molecular formula is C17H26N4O3. The Hall–Kier alpha value is -1.73. The molecule has 0 spiro atoms. The highest BCUT2D eigenvalue weighted by molar-refractivity contribution is 5.76. The number of piperidine rings is 1. The fraction of sp³-hybridized carbons (Fsp3) is 0.706. The van der Waals surface area contributed by atoms with Gasteiger partial charge in [0, 0.05) is 44.8 Å². The van der Waals surface area contributed by atoms with Gasteiger partial charge in [0.05, 0.1) is 18.7 Å². The molecule has 7 nitrogen and oxygen atoms in total. The molecule has 0 atom stereocenters. The van der Waals surface area contributed by atoms with Crippen LogP contribution in [0.2, 0.25) is 0 Å². The lowest BCUT2D eigenvalue weighted by Gasteiger charge is -2.32. The van der Waals surface area contributed by atoms with Gasteiger partial charge in [0.1, 0.15) is 5.82 Å². The number of rotatable bonds is 4. The molecule has 2 aliphatic rings. The monoisotopic (exact) mass is 334 g/mol. The van der Waals surface area contributed by atoms with E-state index in [4.69, 9.17) is 9.72 Å². The van der Waals surface area contributed by atoms with Crippen LogP contribution in [-0.4, -0.2) is 66.1 Å². The Morgan fingerprint density at radius 2 is 2.08 bits per heavy atom. The molecule has 1 saturated heterocycles. The van der Waals surface area contributed by atoms with Crippen LogP contribution in [0, 0.1) is 0 Å². The van der Waals surface area contributed by atoms with Crippen LogP contribution in [0.25, 0.3) is 0 Å². The van der Waals surface area contributed by atoms with E-state index < -0.39 is 0 Å². The zero-order valence-electron chi connectivity index (χ0n) is 14.5. The molecule has 3 rings (SSSR count). The van der Waals surface area contributed by atoms with Crippen LogP contribution < -0.4 is 5.56 Å². The van der Waals surface area contributed by atoms with Crippen molar-refractivity contribution in [2.75, 3.05) is 40.4 Å². The van der Waals surface area contributed by atoms with Crippen LogP contribution in [0.3, 0.4) is 0 Å². The first-order valence-corrected chi connectivity index (χ1v) is 8.65. The number of aromatic amines is 1. The van der Waals surface area contributed by atoms with E-state index in [1.165, 1.54) is 0 Å². The topological polar surface area (TPSA) is 78.5 Å². The van der Waals surface area contributed by atoms with Gasteiger partial charge in [-0.25, -0.2) is 4.98 Å². The van der Waals surface area contributed by atoms with E-state index in [-0.39, 0.29) is 17.4 Å². The molecule has 1 N–H and O–H groups in total. The van der Waals surface area contributed by atoms with Gasteiger partial charge in [0.2, 0.25) is 5.91 Å². The van der Waals surface area contributed by atoms with Crippen molar-refractivity contribution in [2.45, 2.75) is 38.1 Å². The molecule has 1 aromatic rings. The number of nitrogens with zero attached hydrogens (tertiary/aromatic N) is 3. The molecule has 0 aliphatic carbocycles. The molecule has 2 aliphatic heterocycles. The van der Waals surface area contributed by atoms with Crippen molar-refractivity contribution in [1.29, 1.82) is 0 Å². The van der Waals surface area contributed by atoms with Crippen LogP contribution in [0.15, 0.2) is 4.79 Å². The molecule has 3 heterocycles. The first kappa shape index (κ1) is 17.1. The quantitative estimate of drug-likeness (QED) is 0.867. The predicted octanol–water partition coefficient (Wildman–Crippen LogP) is 0.500. The summed E-state index contributed by atoms with van der Waals surface area (Å²) >= 11 is 0. The van der Waals surface area contributed by atoms with Crippen molar-refractivity contribution in [3.8, 4) is 0 Å². The average molecular weight is 334 g/mol. The van der Waals surface area contributed by atoms with E-state index in [2.05, 4.69) is 16.9 Å². The van der Waals surface area contributed by atoms with Gasteiger partial charge >= 0.3 is 0 Å². The Kier molecular flexibility index (Phi) is 5.30. The van der Waals surface area contributed by atoms with Gasteiger partial charge in [-0.1, -0.05) is 0 Å². The molecule has 1 amide bonds.